The molecule has 0 atom stereocenters. The van der Waals surface area contributed by atoms with Gasteiger partial charge in [-0.05, 0) is 11.6 Å². The Bertz CT molecular complexity index is 690. The van der Waals surface area contributed by atoms with Crippen molar-refractivity contribution < 1.29 is 19.5 Å². The predicted molar refractivity (Wildman–Crippen MR) is 71.0 cm³/mol. The van der Waals surface area contributed by atoms with E-state index in [1.807, 2.05) is 5.32 Å². The molecule has 20 heavy (non-hydrogen) atoms. The molecule has 2 aromatic rings. The Labute approximate surface area is 114 Å². The largest absolute Gasteiger partial charge is 0.481 e. The van der Waals surface area contributed by atoms with E-state index in [2.05, 4.69) is 0 Å². The molecular formula is C13H13N3O4. The van der Waals surface area contributed by atoms with Gasteiger partial charge < -0.3 is 15.4 Å². The highest BCUT2D eigenvalue weighted by atomic mass is 16.4. The van der Waals surface area contributed by atoms with Crippen LogP contribution in [-0.4, -0.2) is 27.6 Å². The number of rotatable bonds is 4. The molecule has 0 aliphatic carbocycles. The fourth-order valence-corrected chi connectivity index (χ4v) is 2.09. The molecule has 0 saturated heterocycles. The van der Waals surface area contributed by atoms with Gasteiger partial charge in [-0.2, -0.15) is 0 Å². The maximum atomic E-state index is 11.5. The zero-order chi connectivity index (χ0) is 14.7. The van der Waals surface area contributed by atoms with Crippen molar-refractivity contribution in [1.29, 1.82) is 0 Å². The highest BCUT2D eigenvalue weighted by Crippen LogP contribution is 2.21. The zero-order valence-corrected chi connectivity index (χ0v) is 10.5. The van der Waals surface area contributed by atoms with E-state index in [1.165, 1.54) is 0 Å². The Morgan fingerprint density at radius 1 is 1.25 bits per heavy atom. The third-order valence-corrected chi connectivity index (χ3v) is 2.79. The summed E-state index contributed by atoms with van der Waals surface area (Å²) in [5, 5.41) is 11.6. The second-order valence-corrected chi connectivity index (χ2v) is 4.28. The van der Waals surface area contributed by atoms with Crippen LogP contribution in [-0.2, 0) is 22.6 Å². The third kappa shape index (κ3) is 2.94. The Morgan fingerprint density at radius 2 is 1.95 bits per heavy atom. The SMILES string of the molecule is NC(=O)NC(=O)Cn1cc(CC(=O)O)c2ccccc21. The Balaban J connectivity index is 2.36. The first kappa shape index (κ1) is 13.6. The van der Waals surface area contributed by atoms with Crippen LogP contribution in [0.4, 0.5) is 4.79 Å². The molecule has 0 saturated carbocycles. The number of hydrogen-bond donors (Lipinski definition) is 3. The Kier molecular flexibility index (Phi) is 3.69. The van der Waals surface area contributed by atoms with Crippen molar-refractivity contribution in [1.82, 2.24) is 9.88 Å². The lowest BCUT2D eigenvalue weighted by atomic mass is 10.1. The average Bonchev–Trinajstić information content (AvgIpc) is 2.66. The fraction of sp³-hybridized carbons (Fsp3) is 0.154. The van der Waals surface area contributed by atoms with Crippen LogP contribution in [0.1, 0.15) is 5.56 Å². The number of nitrogens with one attached hydrogen (secondary N) is 1. The molecular weight excluding hydrogens is 262 g/mol. The van der Waals surface area contributed by atoms with E-state index in [4.69, 9.17) is 10.8 Å². The third-order valence-electron chi connectivity index (χ3n) is 2.79. The summed E-state index contributed by atoms with van der Waals surface area (Å²) >= 11 is 0. The summed E-state index contributed by atoms with van der Waals surface area (Å²) in [6.45, 7) is -0.108. The number of aliphatic carboxylic acids is 1. The van der Waals surface area contributed by atoms with Gasteiger partial charge in [0.1, 0.15) is 6.54 Å². The van der Waals surface area contributed by atoms with Gasteiger partial charge in [0.05, 0.1) is 6.42 Å². The number of benzene rings is 1. The van der Waals surface area contributed by atoms with Crippen LogP contribution in [0, 0.1) is 0 Å². The van der Waals surface area contributed by atoms with Crippen molar-refractivity contribution >= 4 is 28.8 Å². The smallest absolute Gasteiger partial charge is 0.318 e. The molecule has 1 heterocycles. The minimum Gasteiger partial charge on any atom is -0.481 e. The summed E-state index contributed by atoms with van der Waals surface area (Å²) < 4.78 is 1.59. The predicted octanol–water partition coefficient (Wildman–Crippen LogP) is 0.463. The van der Waals surface area contributed by atoms with E-state index in [0.717, 1.165) is 10.9 Å². The van der Waals surface area contributed by atoms with Crippen molar-refractivity contribution in [3.63, 3.8) is 0 Å². The van der Waals surface area contributed by atoms with Crippen LogP contribution in [0.5, 0.6) is 0 Å². The molecule has 7 nitrogen and oxygen atoms in total. The second kappa shape index (κ2) is 5.43. The van der Waals surface area contributed by atoms with Gasteiger partial charge >= 0.3 is 12.0 Å². The average molecular weight is 275 g/mol. The van der Waals surface area contributed by atoms with Crippen LogP contribution in [0.3, 0.4) is 0 Å². The Morgan fingerprint density at radius 3 is 2.60 bits per heavy atom. The van der Waals surface area contributed by atoms with E-state index < -0.39 is 17.9 Å². The van der Waals surface area contributed by atoms with Gasteiger partial charge in [0.25, 0.3) is 0 Å². The molecule has 0 fully saturated rings. The number of carbonyl (C=O) groups is 3. The standard InChI is InChI=1S/C13H13N3O4/c14-13(20)15-11(17)7-16-6-8(5-12(18)19)9-3-1-2-4-10(9)16/h1-4,6H,5,7H2,(H,18,19)(H3,14,15,17,20). The van der Waals surface area contributed by atoms with E-state index in [-0.39, 0.29) is 13.0 Å². The number of aromatic nitrogens is 1. The number of amides is 3. The highest BCUT2D eigenvalue weighted by Gasteiger charge is 2.13. The number of urea groups is 1. The normalized spacial score (nSPS) is 10.4. The molecule has 1 aromatic heterocycles. The molecule has 0 aliphatic heterocycles. The summed E-state index contributed by atoms with van der Waals surface area (Å²) in [7, 11) is 0. The second-order valence-electron chi connectivity index (χ2n) is 4.28. The molecule has 7 heteroatoms. The molecule has 1 aromatic carbocycles. The van der Waals surface area contributed by atoms with Gasteiger partial charge in [-0.3, -0.25) is 14.9 Å². The summed E-state index contributed by atoms with van der Waals surface area (Å²) in [4.78, 5) is 33.0. The maximum absolute atomic E-state index is 11.5. The first-order valence-electron chi connectivity index (χ1n) is 5.85. The number of imide groups is 1. The van der Waals surface area contributed by atoms with E-state index >= 15 is 0 Å². The number of hydrogen-bond acceptors (Lipinski definition) is 3. The lowest BCUT2D eigenvalue weighted by molar-refractivity contribution is -0.136. The van der Waals surface area contributed by atoms with Gasteiger partial charge in [-0.15, -0.1) is 0 Å². The zero-order valence-electron chi connectivity index (χ0n) is 10.5. The molecule has 4 N–H and O–H groups in total. The number of fused-ring (bicyclic) bond motifs is 1. The molecule has 2 rings (SSSR count). The number of nitrogens with zero attached hydrogens (tertiary/aromatic N) is 1. The molecule has 0 unspecified atom stereocenters. The van der Waals surface area contributed by atoms with Crippen LogP contribution < -0.4 is 11.1 Å². The van der Waals surface area contributed by atoms with Crippen molar-refractivity contribution in [2.45, 2.75) is 13.0 Å². The van der Waals surface area contributed by atoms with Crippen LogP contribution in [0.25, 0.3) is 10.9 Å². The van der Waals surface area contributed by atoms with Crippen molar-refractivity contribution in [2.75, 3.05) is 0 Å². The number of carbonyl (C=O) groups excluding carboxylic acids is 2. The van der Waals surface area contributed by atoms with Gasteiger partial charge in [0.2, 0.25) is 5.91 Å². The lowest BCUT2D eigenvalue weighted by Gasteiger charge is -2.04. The summed E-state index contributed by atoms with van der Waals surface area (Å²) in [5.74, 6) is -1.50. The summed E-state index contributed by atoms with van der Waals surface area (Å²) in [6.07, 6.45) is 1.46. The van der Waals surface area contributed by atoms with Crippen LogP contribution >= 0.6 is 0 Å². The minimum absolute atomic E-state index is 0.108. The number of para-hydroxylation sites is 1. The highest BCUT2D eigenvalue weighted by molar-refractivity contribution is 5.94. The fourth-order valence-electron chi connectivity index (χ4n) is 2.09. The molecule has 104 valence electrons. The number of nitrogens with two attached hydrogens (primary N) is 1. The van der Waals surface area contributed by atoms with E-state index in [1.54, 1.807) is 35.0 Å². The lowest BCUT2D eigenvalue weighted by Crippen LogP contribution is -2.37. The van der Waals surface area contributed by atoms with Crippen LogP contribution in [0.15, 0.2) is 30.5 Å². The van der Waals surface area contributed by atoms with Gasteiger partial charge in [-0.1, -0.05) is 18.2 Å². The number of carboxylic acids is 1. The van der Waals surface area contributed by atoms with Gasteiger partial charge in [0, 0.05) is 17.1 Å². The van der Waals surface area contributed by atoms with Gasteiger partial charge in [0.15, 0.2) is 0 Å². The number of primary amides is 1. The number of carboxylic acid groups (broad SMARTS) is 1. The monoisotopic (exact) mass is 275 g/mol. The molecule has 0 aliphatic rings. The van der Waals surface area contributed by atoms with Crippen molar-refractivity contribution in [2.24, 2.45) is 5.73 Å². The summed E-state index contributed by atoms with van der Waals surface area (Å²) in [6, 6.07) is 6.22. The molecule has 0 bridgehead atoms. The molecule has 0 spiro atoms. The maximum Gasteiger partial charge on any atom is 0.318 e. The minimum atomic E-state index is -0.950. The van der Waals surface area contributed by atoms with E-state index in [9.17, 15) is 14.4 Å². The van der Waals surface area contributed by atoms with Crippen molar-refractivity contribution in [3.8, 4) is 0 Å². The first-order valence-corrected chi connectivity index (χ1v) is 5.85. The van der Waals surface area contributed by atoms with Crippen LogP contribution in [0.2, 0.25) is 0 Å². The topological polar surface area (TPSA) is 114 Å². The Hall–Kier alpha value is -2.83. The van der Waals surface area contributed by atoms with Crippen molar-refractivity contribution in [3.05, 3.63) is 36.0 Å². The molecule has 0 radical (unpaired) electrons. The van der Waals surface area contributed by atoms with E-state index in [0.29, 0.717) is 5.56 Å². The quantitative estimate of drug-likeness (QED) is 0.752. The summed E-state index contributed by atoms with van der Waals surface area (Å²) in [5.41, 5.74) is 6.21. The van der Waals surface area contributed by atoms with Gasteiger partial charge in [-0.25, -0.2) is 4.79 Å². The molecule has 3 amide bonds. The first-order chi connectivity index (χ1) is 9.47.